The zero-order chi connectivity index (χ0) is 15.1. The number of nitrogens with zero attached hydrogens (tertiary/aromatic N) is 1. The Balaban J connectivity index is 1.84. The lowest BCUT2D eigenvalue weighted by Crippen LogP contribution is -2.34. The second kappa shape index (κ2) is 7.62. The lowest BCUT2D eigenvalue weighted by Gasteiger charge is -2.26. The normalized spacial score (nSPS) is 14.5. The average Bonchev–Trinajstić information content (AvgIpc) is 2.54. The van der Waals surface area contributed by atoms with Crippen LogP contribution >= 0.6 is 0 Å². The van der Waals surface area contributed by atoms with Crippen LogP contribution in [0.3, 0.4) is 0 Å². The molecule has 1 amide bonds. The molecule has 4 nitrogen and oxygen atoms in total. The third kappa shape index (κ3) is 4.45. The van der Waals surface area contributed by atoms with Gasteiger partial charge in [0.2, 0.25) is 5.91 Å². The number of benzene rings is 1. The van der Waals surface area contributed by atoms with E-state index in [0.29, 0.717) is 19.7 Å². The lowest BCUT2D eigenvalue weighted by atomic mass is 9.99. The van der Waals surface area contributed by atoms with Gasteiger partial charge >= 0.3 is 5.97 Å². The fourth-order valence-corrected chi connectivity index (χ4v) is 2.41. The fraction of sp³-hybridized carbons (Fsp3) is 0.412. The van der Waals surface area contributed by atoms with Crippen LogP contribution in [0.4, 0.5) is 0 Å². The number of esters is 1. The maximum atomic E-state index is 12.0. The standard InChI is InChI=1S/C17H21NO3/c1-2-21-17(20)9-8-16(19)18-12-10-15(11-13-18)14-6-4-3-5-7-14/h3-7,10H,2,8-9,11-13H2,1H3. The number of amides is 1. The largest absolute Gasteiger partial charge is 0.466 e. The molecule has 0 radical (unpaired) electrons. The van der Waals surface area contributed by atoms with E-state index in [1.807, 2.05) is 18.2 Å². The van der Waals surface area contributed by atoms with Crippen molar-refractivity contribution in [3.8, 4) is 0 Å². The van der Waals surface area contributed by atoms with Crippen molar-refractivity contribution in [2.75, 3.05) is 19.7 Å². The highest BCUT2D eigenvalue weighted by atomic mass is 16.5. The van der Waals surface area contributed by atoms with Gasteiger partial charge in [-0.25, -0.2) is 0 Å². The molecule has 4 heteroatoms. The molecule has 0 N–H and O–H groups in total. The molecule has 1 aliphatic rings. The van der Waals surface area contributed by atoms with Crippen molar-refractivity contribution in [1.82, 2.24) is 4.90 Å². The van der Waals surface area contributed by atoms with Crippen molar-refractivity contribution in [2.24, 2.45) is 0 Å². The van der Waals surface area contributed by atoms with Gasteiger partial charge in [-0.2, -0.15) is 0 Å². The van der Waals surface area contributed by atoms with Gasteiger partial charge in [-0.3, -0.25) is 9.59 Å². The Kier molecular flexibility index (Phi) is 5.55. The van der Waals surface area contributed by atoms with Crippen molar-refractivity contribution in [3.63, 3.8) is 0 Å². The summed E-state index contributed by atoms with van der Waals surface area (Å²) in [5.74, 6) is -0.283. The van der Waals surface area contributed by atoms with Crippen molar-refractivity contribution >= 4 is 17.4 Å². The van der Waals surface area contributed by atoms with Crippen LogP contribution in [0, 0.1) is 0 Å². The summed E-state index contributed by atoms with van der Waals surface area (Å²) < 4.78 is 4.83. The molecule has 1 aliphatic heterocycles. The van der Waals surface area contributed by atoms with Crippen LogP contribution in [0.25, 0.3) is 5.57 Å². The van der Waals surface area contributed by atoms with E-state index >= 15 is 0 Å². The fourth-order valence-electron chi connectivity index (χ4n) is 2.41. The third-order valence-electron chi connectivity index (χ3n) is 3.55. The van der Waals surface area contributed by atoms with Crippen LogP contribution in [0.5, 0.6) is 0 Å². The first-order chi connectivity index (χ1) is 10.2. The molecular formula is C17H21NO3. The Hall–Kier alpha value is -2.10. The Labute approximate surface area is 125 Å². The van der Waals surface area contributed by atoms with Gasteiger partial charge in [0.15, 0.2) is 0 Å². The Bertz CT molecular complexity index is 522. The summed E-state index contributed by atoms with van der Waals surface area (Å²) in [6, 6.07) is 10.2. The Morgan fingerprint density at radius 3 is 2.57 bits per heavy atom. The van der Waals surface area contributed by atoms with E-state index < -0.39 is 0 Å². The predicted molar refractivity (Wildman–Crippen MR) is 81.5 cm³/mol. The molecule has 0 bridgehead atoms. The second-order valence-corrected chi connectivity index (χ2v) is 4.99. The monoisotopic (exact) mass is 287 g/mol. The summed E-state index contributed by atoms with van der Waals surface area (Å²) in [7, 11) is 0. The summed E-state index contributed by atoms with van der Waals surface area (Å²) in [6.07, 6.45) is 3.35. The summed E-state index contributed by atoms with van der Waals surface area (Å²) in [6.45, 7) is 3.45. The van der Waals surface area contributed by atoms with Gasteiger partial charge in [0.25, 0.3) is 0 Å². The molecule has 0 fully saturated rings. The van der Waals surface area contributed by atoms with Gasteiger partial charge < -0.3 is 9.64 Å². The zero-order valence-corrected chi connectivity index (χ0v) is 12.4. The van der Waals surface area contributed by atoms with E-state index in [2.05, 4.69) is 18.2 Å². The highest BCUT2D eigenvalue weighted by Crippen LogP contribution is 2.22. The van der Waals surface area contributed by atoms with Crippen LogP contribution in [0.15, 0.2) is 36.4 Å². The predicted octanol–water partition coefficient (Wildman–Crippen LogP) is 2.65. The highest BCUT2D eigenvalue weighted by Gasteiger charge is 2.18. The summed E-state index contributed by atoms with van der Waals surface area (Å²) >= 11 is 0. The molecule has 1 aromatic rings. The van der Waals surface area contributed by atoms with Crippen LogP contribution < -0.4 is 0 Å². The first-order valence-electron chi connectivity index (χ1n) is 7.38. The molecule has 0 saturated carbocycles. The second-order valence-electron chi connectivity index (χ2n) is 4.99. The minimum Gasteiger partial charge on any atom is -0.466 e. The van der Waals surface area contributed by atoms with Crippen molar-refractivity contribution < 1.29 is 14.3 Å². The molecule has 112 valence electrons. The molecule has 0 aliphatic carbocycles. The molecule has 1 aromatic carbocycles. The van der Waals surface area contributed by atoms with E-state index in [0.717, 1.165) is 6.42 Å². The van der Waals surface area contributed by atoms with Gasteiger partial charge in [0, 0.05) is 19.5 Å². The number of carbonyl (C=O) groups is 2. The average molecular weight is 287 g/mol. The molecule has 21 heavy (non-hydrogen) atoms. The van der Waals surface area contributed by atoms with E-state index in [1.54, 1.807) is 11.8 Å². The van der Waals surface area contributed by atoms with Gasteiger partial charge in [0.05, 0.1) is 13.0 Å². The zero-order valence-electron chi connectivity index (χ0n) is 12.4. The van der Waals surface area contributed by atoms with Crippen LogP contribution in [-0.4, -0.2) is 36.5 Å². The van der Waals surface area contributed by atoms with Crippen molar-refractivity contribution in [2.45, 2.75) is 26.2 Å². The molecule has 0 spiro atoms. The quantitative estimate of drug-likeness (QED) is 0.782. The maximum Gasteiger partial charge on any atom is 0.306 e. The number of carbonyl (C=O) groups excluding carboxylic acids is 2. The van der Waals surface area contributed by atoms with Crippen LogP contribution in [0.1, 0.15) is 31.7 Å². The molecule has 0 aromatic heterocycles. The van der Waals surface area contributed by atoms with E-state index in [-0.39, 0.29) is 24.7 Å². The summed E-state index contributed by atoms with van der Waals surface area (Å²) in [5.41, 5.74) is 2.50. The first kappa shape index (κ1) is 15.3. The number of hydrogen-bond acceptors (Lipinski definition) is 3. The molecule has 0 atom stereocenters. The smallest absolute Gasteiger partial charge is 0.306 e. The molecule has 2 rings (SSSR count). The third-order valence-corrected chi connectivity index (χ3v) is 3.55. The van der Waals surface area contributed by atoms with E-state index in [9.17, 15) is 9.59 Å². The minimum atomic E-state index is -0.302. The van der Waals surface area contributed by atoms with Crippen molar-refractivity contribution in [1.29, 1.82) is 0 Å². The first-order valence-corrected chi connectivity index (χ1v) is 7.38. The lowest BCUT2D eigenvalue weighted by molar-refractivity contribution is -0.145. The molecular weight excluding hydrogens is 266 g/mol. The Morgan fingerprint density at radius 1 is 1.19 bits per heavy atom. The summed E-state index contributed by atoms with van der Waals surface area (Å²) in [5, 5.41) is 0. The number of hydrogen-bond donors (Lipinski definition) is 0. The Morgan fingerprint density at radius 2 is 1.95 bits per heavy atom. The maximum absolute atomic E-state index is 12.0. The van der Waals surface area contributed by atoms with E-state index in [4.69, 9.17) is 4.74 Å². The number of rotatable bonds is 5. The van der Waals surface area contributed by atoms with Crippen LogP contribution in [0.2, 0.25) is 0 Å². The number of ether oxygens (including phenoxy) is 1. The summed E-state index contributed by atoms with van der Waals surface area (Å²) in [4.78, 5) is 25.1. The SMILES string of the molecule is CCOC(=O)CCC(=O)N1CC=C(c2ccccc2)CC1. The van der Waals surface area contributed by atoms with Gasteiger partial charge in [-0.15, -0.1) is 0 Å². The molecule has 0 saturated heterocycles. The topological polar surface area (TPSA) is 46.6 Å². The molecule has 1 heterocycles. The van der Waals surface area contributed by atoms with Crippen molar-refractivity contribution in [3.05, 3.63) is 42.0 Å². The van der Waals surface area contributed by atoms with Gasteiger partial charge in [-0.1, -0.05) is 36.4 Å². The minimum absolute atomic E-state index is 0.0198. The van der Waals surface area contributed by atoms with E-state index in [1.165, 1.54) is 11.1 Å². The van der Waals surface area contributed by atoms with Gasteiger partial charge in [0.1, 0.15) is 0 Å². The van der Waals surface area contributed by atoms with Crippen LogP contribution in [-0.2, 0) is 14.3 Å². The highest BCUT2D eigenvalue weighted by molar-refractivity contribution is 5.82. The molecule has 0 unspecified atom stereocenters. The van der Waals surface area contributed by atoms with Gasteiger partial charge in [-0.05, 0) is 24.5 Å².